The Bertz CT molecular complexity index is 388. The number of carbonyl (C=O) groups is 1. The normalized spacial score (nSPS) is 22.7. The maximum Gasteiger partial charge on any atom is 0.163 e. The van der Waals surface area contributed by atoms with E-state index in [0.717, 1.165) is 44.7 Å². The van der Waals surface area contributed by atoms with Gasteiger partial charge in [0.1, 0.15) is 0 Å². The number of morpholine rings is 1. The first-order valence-electron chi connectivity index (χ1n) is 6.67. The van der Waals surface area contributed by atoms with Crippen LogP contribution in [0, 0.1) is 5.92 Å². The van der Waals surface area contributed by atoms with Gasteiger partial charge in [0.15, 0.2) is 5.78 Å². The average Bonchev–Trinajstić information content (AvgIpc) is 2.41. The molecule has 3 rings (SSSR count). The molecule has 1 aromatic rings. The van der Waals surface area contributed by atoms with Crippen LogP contribution < -0.4 is 5.32 Å². The molecular weight excluding hydrogens is 226 g/mol. The average molecular weight is 247 g/mol. The first-order valence-corrected chi connectivity index (χ1v) is 6.67. The number of ether oxygens (including phenoxy) is 1. The molecule has 1 saturated heterocycles. The molecule has 1 aliphatic heterocycles. The lowest BCUT2D eigenvalue weighted by molar-refractivity contribution is 0.0953. The highest BCUT2D eigenvalue weighted by molar-refractivity contribution is 5.98. The molecule has 1 aliphatic carbocycles. The molecular formula is C15H21NO2. The molecule has 3 nitrogen and oxygen atoms in total. The predicted molar refractivity (Wildman–Crippen MR) is 71.9 cm³/mol. The first-order chi connectivity index (χ1) is 8.77. The van der Waals surface area contributed by atoms with Gasteiger partial charge in [-0.25, -0.2) is 0 Å². The van der Waals surface area contributed by atoms with Crippen molar-refractivity contribution in [1.29, 1.82) is 0 Å². The molecule has 18 heavy (non-hydrogen) atoms. The van der Waals surface area contributed by atoms with E-state index >= 15 is 0 Å². The topological polar surface area (TPSA) is 38.3 Å². The number of benzene rings is 1. The van der Waals surface area contributed by atoms with E-state index in [1.807, 2.05) is 18.2 Å². The van der Waals surface area contributed by atoms with Crippen LogP contribution in [-0.2, 0) is 11.2 Å². The Morgan fingerprint density at radius 2 is 1.89 bits per heavy atom. The third-order valence-corrected chi connectivity index (χ3v) is 3.27. The second-order valence-electron chi connectivity index (χ2n) is 4.96. The number of nitrogens with one attached hydrogen (secondary N) is 1. The van der Waals surface area contributed by atoms with Crippen molar-refractivity contribution in [2.24, 2.45) is 5.92 Å². The third-order valence-electron chi connectivity index (χ3n) is 3.27. The van der Waals surface area contributed by atoms with E-state index in [0.29, 0.717) is 11.7 Å². The maximum atomic E-state index is 11.5. The minimum Gasteiger partial charge on any atom is -0.379 e. The second-order valence-corrected chi connectivity index (χ2v) is 4.96. The van der Waals surface area contributed by atoms with Gasteiger partial charge in [0, 0.05) is 25.1 Å². The summed E-state index contributed by atoms with van der Waals surface area (Å²) >= 11 is 0. The zero-order valence-electron chi connectivity index (χ0n) is 10.9. The van der Waals surface area contributed by atoms with Crippen molar-refractivity contribution >= 4 is 5.78 Å². The molecule has 98 valence electrons. The monoisotopic (exact) mass is 247 g/mol. The van der Waals surface area contributed by atoms with Gasteiger partial charge in [-0.05, 0) is 17.9 Å². The van der Waals surface area contributed by atoms with Gasteiger partial charge >= 0.3 is 0 Å². The highest BCUT2D eigenvalue weighted by Gasteiger charge is 2.20. The van der Waals surface area contributed by atoms with Gasteiger partial charge in [-0.15, -0.1) is 0 Å². The lowest BCUT2D eigenvalue weighted by Gasteiger charge is -2.19. The summed E-state index contributed by atoms with van der Waals surface area (Å²) in [6, 6.07) is 7.93. The van der Waals surface area contributed by atoms with Crippen LogP contribution in [0.5, 0.6) is 0 Å². The van der Waals surface area contributed by atoms with Crippen LogP contribution in [0.2, 0.25) is 0 Å². The van der Waals surface area contributed by atoms with Crippen LogP contribution in [0.4, 0.5) is 0 Å². The van der Waals surface area contributed by atoms with Gasteiger partial charge in [0.05, 0.1) is 13.2 Å². The van der Waals surface area contributed by atoms with Crippen molar-refractivity contribution in [3.63, 3.8) is 0 Å². The quantitative estimate of drug-likeness (QED) is 0.762. The zero-order chi connectivity index (χ0) is 12.8. The Kier molecular flexibility index (Phi) is 4.90. The Labute approximate surface area is 109 Å². The zero-order valence-corrected chi connectivity index (χ0v) is 10.9. The number of rotatable bonds is 0. The molecule has 1 heterocycles. The van der Waals surface area contributed by atoms with Gasteiger partial charge < -0.3 is 10.1 Å². The fourth-order valence-corrected chi connectivity index (χ4v) is 2.36. The summed E-state index contributed by atoms with van der Waals surface area (Å²) in [6.45, 7) is 5.97. The summed E-state index contributed by atoms with van der Waals surface area (Å²) in [4.78, 5) is 11.5. The maximum absolute atomic E-state index is 11.5. The van der Waals surface area contributed by atoms with E-state index in [2.05, 4.69) is 18.3 Å². The van der Waals surface area contributed by atoms with Crippen LogP contribution in [-0.4, -0.2) is 32.1 Å². The molecule has 1 fully saturated rings. The molecule has 0 radical (unpaired) electrons. The van der Waals surface area contributed by atoms with E-state index in [1.165, 1.54) is 5.56 Å². The summed E-state index contributed by atoms with van der Waals surface area (Å²) < 4.78 is 5.01. The standard InChI is InChI=1S/C11H12O.C4H9NO/c1-8-6-9-4-2-3-5-10(9)11(12)7-8;1-3-6-4-2-5-1/h2-5,8H,6-7H2,1H3;5H,1-4H2. The molecule has 0 spiro atoms. The highest BCUT2D eigenvalue weighted by Crippen LogP contribution is 2.24. The molecule has 0 aromatic heterocycles. The molecule has 1 unspecified atom stereocenters. The smallest absolute Gasteiger partial charge is 0.163 e. The third kappa shape index (κ3) is 3.65. The summed E-state index contributed by atoms with van der Waals surface area (Å²) in [7, 11) is 0. The van der Waals surface area contributed by atoms with E-state index in [4.69, 9.17) is 4.74 Å². The number of Topliss-reactive ketones (excluding diaryl/α,β-unsaturated/α-hetero) is 1. The summed E-state index contributed by atoms with van der Waals surface area (Å²) in [6.07, 6.45) is 1.78. The van der Waals surface area contributed by atoms with Crippen LogP contribution in [0.3, 0.4) is 0 Å². The van der Waals surface area contributed by atoms with E-state index < -0.39 is 0 Å². The van der Waals surface area contributed by atoms with Crippen LogP contribution in [0.25, 0.3) is 0 Å². The molecule has 2 aliphatic rings. The largest absolute Gasteiger partial charge is 0.379 e. The van der Waals surface area contributed by atoms with Crippen molar-refractivity contribution < 1.29 is 9.53 Å². The molecule has 0 amide bonds. The van der Waals surface area contributed by atoms with Crippen LogP contribution >= 0.6 is 0 Å². The predicted octanol–water partition coefficient (Wildman–Crippen LogP) is 2.06. The Morgan fingerprint density at radius 1 is 1.17 bits per heavy atom. The number of fused-ring (bicyclic) bond motifs is 1. The molecule has 1 aromatic carbocycles. The van der Waals surface area contributed by atoms with Crippen molar-refractivity contribution in [3.8, 4) is 0 Å². The molecule has 1 atom stereocenters. The van der Waals surface area contributed by atoms with E-state index in [9.17, 15) is 4.79 Å². The second kappa shape index (κ2) is 6.66. The summed E-state index contributed by atoms with van der Waals surface area (Å²) in [5, 5.41) is 3.16. The van der Waals surface area contributed by atoms with Crippen molar-refractivity contribution in [3.05, 3.63) is 35.4 Å². The lowest BCUT2D eigenvalue weighted by atomic mass is 9.84. The molecule has 0 bridgehead atoms. The van der Waals surface area contributed by atoms with Gasteiger partial charge in [0.2, 0.25) is 0 Å². The van der Waals surface area contributed by atoms with Crippen molar-refractivity contribution in [2.45, 2.75) is 19.8 Å². The van der Waals surface area contributed by atoms with E-state index in [1.54, 1.807) is 0 Å². The fraction of sp³-hybridized carbons (Fsp3) is 0.533. The number of carbonyl (C=O) groups excluding carboxylic acids is 1. The SMILES string of the molecule is C1COCCN1.CC1CC(=O)c2ccccc2C1. The molecule has 1 N–H and O–H groups in total. The fourth-order valence-electron chi connectivity index (χ4n) is 2.36. The molecule has 0 saturated carbocycles. The van der Waals surface area contributed by atoms with Gasteiger partial charge in [-0.3, -0.25) is 4.79 Å². The number of hydrogen-bond acceptors (Lipinski definition) is 3. The van der Waals surface area contributed by atoms with Crippen molar-refractivity contribution in [1.82, 2.24) is 5.32 Å². The number of hydrogen-bond donors (Lipinski definition) is 1. The number of ketones is 1. The minimum absolute atomic E-state index is 0.310. The van der Waals surface area contributed by atoms with Crippen LogP contribution in [0.1, 0.15) is 29.3 Å². The molecule has 3 heteroatoms. The lowest BCUT2D eigenvalue weighted by Crippen LogP contribution is -2.30. The summed E-state index contributed by atoms with van der Waals surface area (Å²) in [5.41, 5.74) is 2.16. The Hall–Kier alpha value is -1.19. The Morgan fingerprint density at radius 3 is 2.50 bits per heavy atom. The minimum atomic E-state index is 0.310. The van der Waals surface area contributed by atoms with Crippen LogP contribution in [0.15, 0.2) is 24.3 Å². The van der Waals surface area contributed by atoms with Gasteiger partial charge in [-0.1, -0.05) is 31.2 Å². The Balaban J connectivity index is 0.000000169. The summed E-state index contributed by atoms with van der Waals surface area (Å²) in [5.74, 6) is 0.830. The van der Waals surface area contributed by atoms with E-state index in [-0.39, 0.29) is 0 Å². The van der Waals surface area contributed by atoms with Crippen molar-refractivity contribution in [2.75, 3.05) is 26.3 Å². The van der Waals surface area contributed by atoms with Gasteiger partial charge in [-0.2, -0.15) is 0 Å². The highest BCUT2D eigenvalue weighted by atomic mass is 16.5. The van der Waals surface area contributed by atoms with Gasteiger partial charge in [0.25, 0.3) is 0 Å². The first kappa shape index (κ1) is 13.2.